The average Bonchev–Trinajstić information content (AvgIpc) is 2.87. The molecule has 0 saturated heterocycles. The number of fused-ring (bicyclic) bond motifs is 1. The molecular weight excluding hydrogens is 404 g/mol. The summed E-state index contributed by atoms with van der Waals surface area (Å²) < 4.78 is 5.92. The minimum absolute atomic E-state index is 0.465. The van der Waals surface area contributed by atoms with E-state index in [4.69, 9.17) is 9.72 Å². The van der Waals surface area contributed by atoms with Gasteiger partial charge in [-0.1, -0.05) is 76.1 Å². The molecule has 0 N–H and O–H groups in total. The van der Waals surface area contributed by atoms with Gasteiger partial charge in [0.1, 0.15) is 5.75 Å². The Labute approximate surface area is 199 Å². The predicted molar refractivity (Wildman–Crippen MR) is 138 cm³/mol. The molecule has 0 amide bonds. The Kier molecular flexibility index (Phi) is 7.82. The predicted octanol–water partition coefficient (Wildman–Crippen LogP) is 7.17. The van der Waals surface area contributed by atoms with Crippen molar-refractivity contribution in [1.29, 1.82) is 0 Å². The monoisotopic (exact) mass is 442 g/mol. The van der Waals surface area contributed by atoms with Gasteiger partial charge in [0.15, 0.2) is 0 Å². The van der Waals surface area contributed by atoms with E-state index in [0.717, 1.165) is 43.8 Å². The van der Waals surface area contributed by atoms with Crippen LogP contribution in [-0.4, -0.2) is 23.5 Å². The van der Waals surface area contributed by atoms with Crippen LogP contribution in [0, 0.1) is 0 Å². The molecule has 0 spiro atoms. The number of aromatic nitrogens is 1. The van der Waals surface area contributed by atoms with Gasteiger partial charge >= 0.3 is 0 Å². The van der Waals surface area contributed by atoms with Gasteiger partial charge in [0.2, 0.25) is 0 Å². The van der Waals surface area contributed by atoms with E-state index >= 15 is 0 Å². The molecular formula is C30H38N2O. The SMILES string of the molecule is CCCCC1c2ccccc2CCN1Cc1cnc(-c2c(CC)cccc2CC)cc1OC. The number of hydrogen-bond acceptors (Lipinski definition) is 3. The zero-order chi connectivity index (χ0) is 23.2. The van der Waals surface area contributed by atoms with Crippen LogP contribution >= 0.6 is 0 Å². The lowest BCUT2D eigenvalue weighted by Crippen LogP contribution is -2.35. The second-order valence-electron chi connectivity index (χ2n) is 9.12. The van der Waals surface area contributed by atoms with Crippen LogP contribution in [0.25, 0.3) is 11.3 Å². The van der Waals surface area contributed by atoms with Crippen LogP contribution in [0.4, 0.5) is 0 Å². The molecule has 1 atom stereocenters. The molecule has 0 radical (unpaired) electrons. The van der Waals surface area contributed by atoms with Gasteiger partial charge in [-0.05, 0) is 47.9 Å². The van der Waals surface area contributed by atoms with Gasteiger partial charge in [-0.2, -0.15) is 0 Å². The summed E-state index contributed by atoms with van der Waals surface area (Å²) in [4.78, 5) is 7.60. The highest BCUT2D eigenvalue weighted by atomic mass is 16.5. The highest BCUT2D eigenvalue weighted by Crippen LogP contribution is 2.37. The Hall–Kier alpha value is -2.65. The van der Waals surface area contributed by atoms with Crippen molar-refractivity contribution >= 4 is 0 Å². The molecule has 33 heavy (non-hydrogen) atoms. The van der Waals surface area contributed by atoms with E-state index in [1.54, 1.807) is 7.11 Å². The largest absolute Gasteiger partial charge is 0.496 e. The summed E-state index contributed by atoms with van der Waals surface area (Å²) in [5.74, 6) is 0.945. The lowest BCUT2D eigenvalue weighted by atomic mass is 9.89. The third-order valence-corrected chi connectivity index (χ3v) is 7.15. The molecule has 1 unspecified atom stereocenters. The number of unbranched alkanes of at least 4 members (excludes halogenated alkanes) is 1. The summed E-state index contributed by atoms with van der Waals surface area (Å²) in [7, 11) is 1.79. The van der Waals surface area contributed by atoms with Gasteiger partial charge in [0.25, 0.3) is 0 Å². The molecule has 2 aromatic carbocycles. The second kappa shape index (κ2) is 11.0. The van der Waals surface area contributed by atoms with E-state index in [9.17, 15) is 0 Å². The maximum absolute atomic E-state index is 5.92. The molecule has 3 aromatic rings. The first kappa shape index (κ1) is 23.5. The number of ether oxygens (including phenoxy) is 1. The summed E-state index contributed by atoms with van der Waals surface area (Å²) in [6.45, 7) is 8.66. The summed E-state index contributed by atoms with van der Waals surface area (Å²) in [6.07, 6.45) is 8.83. The van der Waals surface area contributed by atoms with E-state index < -0.39 is 0 Å². The number of pyridine rings is 1. The molecule has 1 aliphatic heterocycles. The Morgan fingerprint density at radius 3 is 2.42 bits per heavy atom. The van der Waals surface area contributed by atoms with Crippen molar-refractivity contribution in [3.05, 3.63) is 82.5 Å². The molecule has 0 saturated carbocycles. The maximum atomic E-state index is 5.92. The minimum Gasteiger partial charge on any atom is -0.496 e. The van der Waals surface area contributed by atoms with Crippen molar-refractivity contribution in [2.75, 3.05) is 13.7 Å². The molecule has 174 valence electrons. The molecule has 0 aliphatic carbocycles. The Morgan fingerprint density at radius 2 is 1.73 bits per heavy atom. The van der Waals surface area contributed by atoms with Crippen molar-refractivity contribution in [2.24, 2.45) is 0 Å². The fraction of sp³-hybridized carbons (Fsp3) is 0.433. The number of benzene rings is 2. The van der Waals surface area contributed by atoms with E-state index in [2.05, 4.69) is 80.4 Å². The third kappa shape index (κ3) is 4.99. The van der Waals surface area contributed by atoms with Gasteiger partial charge in [-0.3, -0.25) is 9.88 Å². The third-order valence-electron chi connectivity index (χ3n) is 7.15. The van der Waals surface area contributed by atoms with Gasteiger partial charge in [-0.15, -0.1) is 0 Å². The van der Waals surface area contributed by atoms with Gasteiger partial charge in [-0.25, -0.2) is 0 Å². The van der Waals surface area contributed by atoms with Gasteiger partial charge < -0.3 is 4.74 Å². The topological polar surface area (TPSA) is 25.4 Å². The van der Waals surface area contributed by atoms with E-state index in [1.165, 1.54) is 52.6 Å². The second-order valence-corrected chi connectivity index (χ2v) is 9.12. The number of rotatable bonds is 9. The molecule has 2 heterocycles. The van der Waals surface area contributed by atoms with Crippen LogP contribution in [0.1, 0.15) is 73.9 Å². The van der Waals surface area contributed by atoms with E-state index in [0.29, 0.717) is 6.04 Å². The maximum Gasteiger partial charge on any atom is 0.127 e. The van der Waals surface area contributed by atoms with Crippen molar-refractivity contribution in [3.8, 4) is 17.0 Å². The first-order valence-electron chi connectivity index (χ1n) is 12.7. The quantitative estimate of drug-likeness (QED) is 0.351. The molecule has 1 aromatic heterocycles. The summed E-state index contributed by atoms with van der Waals surface area (Å²) in [5.41, 5.74) is 9.20. The van der Waals surface area contributed by atoms with Gasteiger partial charge in [0.05, 0.1) is 12.8 Å². The molecule has 3 heteroatoms. The molecule has 3 nitrogen and oxygen atoms in total. The first-order chi connectivity index (χ1) is 16.2. The van der Waals surface area contributed by atoms with Crippen molar-refractivity contribution in [3.63, 3.8) is 0 Å². The highest BCUT2D eigenvalue weighted by Gasteiger charge is 2.27. The van der Waals surface area contributed by atoms with Crippen LogP contribution in [0.2, 0.25) is 0 Å². The normalized spacial score (nSPS) is 15.9. The molecule has 0 bridgehead atoms. The van der Waals surface area contributed by atoms with Crippen LogP contribution in [-0.2, 0) is 25.8 Å². The van der Waals surface area contributed by atoms with Crippen LogP contribution in [0.15, 0.2) is 54.7 Å². The number of hydrogen-bond donors (Lipinski definition) is 0. The Bertz CT molecular complexity index is 1050. The zero-order valence-corrected chi connectivity index (χ0v) is 20.7. The number of methoxy groups -OCH3 is 1. The smallest absolute Gasteiger partial charge is 0.127 e. The fourth-order valence-electron chi connectivity index (χ4n) is 5.33. The van der Waals surface area contributed by atoms with Gasteiger partial charge in [0, 0.05) is 42.5 Å². The Morgan fingerprint density at radius 1 is 0.970 bits per heavy atom. The minimum atomic E-state index is 0.465. The summed E-state index contributed by atoms with van der Waals surface area (Å²) in [6, 6.07) is 18.2. The first-order valence-corrected chi connectivity index (χ1v) is 12.7. The van der Waals surface area contributed by atoms with Crippen LogP contribution in [0.5, 0.6) is 5.75 Å². The van der Waals surface area contributed by atoms with Crippen molar-refractivity contribution in [2.45, 2.75) is 71.9 Å². The highest BCUT2D eigenvalue weighted by molar-refractivity contribution is 5.69. The van der Waals surface area contributed by atoms with Crippen LogP contribution in [0.3, 0.4) is 0 Å². The fourth-order valence-corrected chi connectivity index (χ4v) is 5.33. The lowest BCUT2D eigenvalue weighted by Gasteiger charge is -2.37. The molecule has 0 fully saturated rings. The number of nitrogens with zero attached hydrogens (tertiary/aromatic N) is 2. The summed E-state index contributed by atoms with van der Waals surface area (Å²) >= 11 is 0. The van der Waals surface area contributed by atoms with E-state index in [-0.39, 0.29) is 0 Å². The Balaban J connectivity index is 1.66. The standard InChI is InChI=1S/C30H38N2O/c1-5-8-16-28-26-15-10-9-12-24(26)17-18-32(28)21-25-20-31-27(19-29(25)33-4)30-22(6-2)13-11-14-23(30)7-3/h9-15,19-20,28H,5-8,16-18,21H2,1-4H3. The van der Waals surface area contributed by atoms with Crippen molar-refractivity contribution in [1.82, 2.24) is 9.88 Å². The van der Waals surface area contributed by atoms with E-state index in [1.807, 2.05) is 0 Å². The lowest BCUT2D eigenvalue weighted by molar-refractivity contribution is 0.162. The zero-order valence-electron chi connectivity index (χ0n) is 20.7. The van der Waals surface area contributed by atoms with Crippen LogP contribution < -0.4 is 4.74 Å². The summed E-state index contributed by atoms with van der Waals surface area (Å²) in [5, 5.41) is 0. The molecule has 1 aliphatic rings. The molecule has 4 rings (SSSR count). The van der Waals surface area contributed by atoms with Crippen molar-refractivity contribution < 1.29 is 4.74 Å². The average molecular weight is 443 g/mol. The number of aryl methyl sites for hydroxylation is 2.